The first-order chi connectivity index (χ1) is 12.8. The summed E-state index contributed by atoms with van der Waals surface area (Å²) in [6.07, 6.45) is 5.22. The number of carbonyl (C=O) groups excluding carboxylic acids is 1. The minimum absolute atomic E-state index is 0.127. The largest absolute Gasteiger partial charge is 0.353 e. The Morgan fingerprint density at radius 2 is 1.81 bits per heavy atom. The van der Waals surface area contributed by atoms with E-state index in [1.54, 1.807) is 6.20 Å². The van der Waals surface area contributed by atoms with Crippen molar-refractivity contribution in [2.24, 2.45) is 0 Å². The number of nitrogens with one attached hydrogen (secondary N) is 1. The Morgan fingerprint density at radius 3 is 2.62 bits per heavy atom. The van der Waals surface area contributed by atoms with Gasteiger partial charge in [-0.3, -0.25) is 4.79 Å². The lowest BCUT2D eigenvalue weighted by Gasteiger charge is -2.36. The SMILES string of the molecule is O=C(c1cccnc1N1CCN[C@@H](c2ccccc2)C1)N1CCCCC1. The highest BCUT2D eigenvalue weighted by atomic mass is 16.2. The number of anilines is 1. The summed E-state index contributed by atoms with van der Waals surface area (Å²) in [6.45, 7) is 4.29. The van der Waals surface area contributed by atoms with E-state index in [-0.39, 0.29) is 11.9 Å². The lowest BCUT2D eigenvalue weighted by molar-refractivity contribution is 0.0724. The molecule has 0 bridgehead atoms. The van der Waals surface area contributed by atoms with E-state index in [0.29, 0.717) is 0 Å². The zero-order valence-electron chi connectivity index (χ0n) is 15.1. The van der Waals surface area contributed by atoms with Crippen molar-refractivity contribution in [3.8, 4) is 0 Å². The molecule has 1 aromatic carbocycles. The van der Waals surface area contributed by atoms with Crippen molar-refractivity contribution in [3.63, 3.8) is 0 Å². The molecule has 2 aliphatic heterocycles. The minimum atomic E-state index is 0.127. The molecule has 2 fully saturated rings. The zero-order valence-corrected chi connectivity index (χ0v) is 15.1. The van der Waals surface area contributed by atoms with Gasteiger partial charge in [0, 0.05) is 45.0 Å². The maximum atomic E-state index is 13.1. The summed E-state index contributed by atoms with van der Waals surface area (Å²) in [5.74, 6) is 0.952. The van der Waals surface area contributed by atoms with Crippen molar-refractivity contribution < 1.29 is 4.79 Å². The van der Waals surface area contributed by atoms with Gasteiger partial charge in [-0.1, -0.05) is 30.3 Å². The maximum Gasteiger partial charge on any atom is 0.257 e. The first kappa shape index (κ1) is 17.0. The Balaban J connectivity index is 1.56. The first-order valence-corrected chi connectivity index (χ1v) is 9.60. The molecule has 2 aromatic rings. The molecule has 1 atom stereocenters. The van der Waals surface area contributed by atoms with Crippen molar-refractivity contribution >= 4 is 11.7 Å². The lowest BCUT2D eigenvalue weighted by Crippen LogP contribution is -2.47. The third-order valence-electron chi connectivity index (χ3n) is 5.34. The number of likely N-dealkylation sites (tertiary alicyclic amines) is 1. The number of nitrogens with zero attached hydrogens (tertiary/aromatic N) is 3. The van der Waals surface area contributed by atoms with E-state index >= 15 is 0 Å². The molecule has 2 saturated heterocycles. The van der Waals surface area contributed by atoms with E-state index < -0.39 is 0 Å². The fraction of sp³-hybridized carbons (Fsp3) is 0.429. The zero-order chi connectivity index (χ0) is 17.8. The van der Waals surface area contributed by atoms with Gasteiger partial charge in [0.1, 0.15) is 5.82 Å². The third-order valence-corrected chi connectivity index (χ3v) is 5.34. The standard InChI is InChI=1S/C21H26N4O/c26-21(24-13-5-2-6-14-24)18-10-7-11-23-20(18)25-15-12-22-19(16-25)17-8-3-1-4-9-17/h1,3-4,7-11,19,22H,2,5-6,12-16H2/t19-/m1/s1. The van der Waals surface area contributed by atoms with Crippen LogP contribution in [0.2, 0.25) is 0 Å². The van der Waals surface area contributed by atoms with E-state index in [1.807, 2.05) is 23.1 Å². The molecule has 26 heavy (non-hydrogen) atoms. The van der Waals surface area contributed by atoms with Crippen molar-refractivity contribution in [1.82, 2.24) is 15.2 Å². The lowest BCUT2D eigenvalue weighted by atomic mass is 10.0. The van der Waals surface area contributed by atoms with E-state index in [0.717, 1.165) is 56.9 Å². The average Bonchev–Trinajstić information content (AvgIpc) is 2.74. The molecule has 136 valence electrons. The number of piperidine rings is 1. The van der Waals surface area contributed by atoms with Gasteiger partial charge in [0.25, 0.3) is 5.91 Å². The normalized spacial score (nSPS) is 20.8. The van der Waals surface area contributed by atoms with Gasteiger partial charge in [0.2, 0.25) is 0 Å². The summed E-state index contributed by atoms with van der Waals surface area (Å²) < 4.78 is 0. The molecule has 1 amide bonds. The Morgan fingerprint density at radius 1 is 1.00 bits per heavy atom. The summed E-state index contributed by atoms with van der Waals surface area (Å²) in [5, 5.41) is 3.58. The second kappa shape index (κ2) is 7.87. The van der Waals surface area contributed by atoms with Crippen molar-refractivity contribution in [1.29, 1.82) is 0 Å². The van der Waals surface area contributed by atoms with Crippen LogP contribution >= 0.6 is 0 Å². The smallest absolute Gasteiger partial charge is 0.257 e. The van der Waals surface area contributed by atoms with E-state index in [1.165, 1.54) is 12.0 Å². The Labute approximate surface area is 155 Å². The number of rotatable bonds is 3. The van der Waals surface area contributed by atoms with E-state index in [2.05, 4.69) is 39.5 Å². The molecule has 3 heterocycles. The number of benzene rings is 1. The topological polar surface area (TPSA) is 48.5 Å². The fourth-order valence-corrected chi connectivity index (χ4v) is 3.93. The quantitative estimate of drug-likeness (QED) is 0.925. The van der Waals surface area contributed by atoms with Gasteiger partial charge in [-0.05, 0) is 37.0 Å². The predicted molar refractivity (Wildman–Crippen MR) is 103 cm³/mol. The van der Waals surface area contributed by atoms with Gasteiger partial charge >= 0.3 is 0 Å². The molecule has 0 spiro atoms. The van der Waals surface area contributed by atoms with Gasteiger partial charge < -0.3 is 15.1 Å². The first-order valence-electron chi connectivity index (χ1n) is 9.60. The molecule has 2 aliphatic rings. The predicted octanol–water partition coefficient (Wildman–Crippen LogP) is 2.86. The summed E-state index contributed by atoms with van der Waals surface area (Å²) >= 11 is 0. The average molecular weight is 350 g/mol. The molecule has 1 N–H and O–H groups in total. The molecule has 5 nitrogen and oxygen atoms in total. The highest BCUT2D eigenvalue weighted by Crippen LogP contribution is 2.25. The van der Waals surface area contributed by atoms with E-state index in [9.17, 15) is 4.79 Å². The van der Waals surface area contributed by atoms with Crippen LogP contribution in [0.5, 0.6) is 0 Å². The van der Waals surface area contributed by atoms with Crippen LogP contribution < -0.4 is 10.2 Å². The van der Waals surface area contributed by atoms with Crippen LogP contribution in [-0.4, -0.2) is 48.5 Å². The molecule has 0 radical (unpaired) electrons. The second-order valence-corrected chi connectivity index (χ2v) is 7.09. The highest BCUT2D eigenvalue weighted by molar-refractivity contribution is 5.99. The van der Waals surface area contributed by atoms with Crippen LogP contribution in [0.3, 0.4) is 0 Å². The highest BCUT2D eigenvalue weighted by Gasteiger charge is 2.27. The van der Waals surface area contributed by atoms with Crippen LogP contribution in [0, 0.1) is 0 Å². The fourth-order valence-electron chi connectivity index (χ4n) is 3.93. The van der Waals surface area contributed by atoms with Crippen LogP contribution in [0.1, 0.15) is 41.2 Å². The molecular formula is C21H26N4O. The van der Waals surface area contributed by atoms with Crippen LogP contribution in [-0.2, 0) is 0 Å². The molecule has 1 aromatic heterocycles. The van der Waals surface area contributed by atoms with Crippen molar-refractivity contribution in [2.75, 3.05) is 37.6 Å². The maximum absolute atomic E-state index is 13.1. The monoisotopic (exact) mass is 350 g/mol. The molecular weight excluding hydrogens is 324 g/mol. The van der Waals surface area contributed by atoms with Crippen LogP contribution in [0.15, 0.2) is 48.7 Å². The number of aromatic nitrogens is 1. The Kier molecular flexibility index (Phi) is 5.16. The molecule has 0 unspecified atom stereocenters. The van der Waals surface area contributed by atoms with Crippen LogP contribution in [0.4, 0.5) is 5.82 Å². The van der Waals surface area contributed by atoms with Gasteiger partial charge in [0.05, 0.1) is 5.56 Å². The van der Waals surface area contributed by atoms with Gasteiger partial charge in [0.15, 0.2) is 0 Å². The number of piperazine rings is 1. The van der Waals surface area contributed by atoms with E-state index in [4.69, 9.17) is 0 Å². The summed E-state index contributed by atoms with van der Waals surface area (Å²) in [6, 6.07) is 14.5. The second-order valence-electron chi connectivity index (χ2n) is 7.09. The minimum Gasteiger partial charge on any atom is -0.353 e. The summed E-state index contributed by atoms with van der Waals surface area (Å²) in [5.41, 5.74) is 2.01. The molecule has 0 saturated carbocycles. The van der Waals surface area contributed by atoms with Crippen molar-refractivity contribution in [2.45, 2.75) is 25.3 Å². The molecule has 4 rings (SSSR count). The number of hydrogen-bond donors (Lipinski definition) is 1. The van der Waals surface area contributed by atoms with Crippen molar-refractivity contribution in [3.05, 3.63) is 59.8 Å². The number of carbonyl (C=O) groups is 1. The number of amides is 1. The third kappa shape index (κ3) is 3.58. The van der Waals surface area contributed by atoms with Crippen LogP contribution in [0.25, 0.3) is 0 Å². The number of pyridine rings is 1. The van der Waals surface area contributed by atoms with Gasteiger partial charge in [-0.2, -0.15) is 0 Å². The van der Waals surface area contributed by atoms with Gasteiger partial charge in [-0.15, -0.1) is 0 Å². The summed E-state index contributed by atoms with van der Waals surface area (Å²) in [7, 11) is 0. The van der Waals surface area contributed by atoms with Gasteiger partial charge in [-0.25, -0.2) is 4.98 Å². The Bertz CT molecular complexity index is 743. The molecule has 5 heteroatoms. The summed E-state index contributed by atoms with van der Waals surface area (Å²) in [4.78, 5) is 21.9. The molecule has 0 aliphatic carbocycles. The number of hydrogen-bond acceptors (Lipinski definition) is 4. The Hall–Kier alpha value is -2.40.